The number of hydrogen-bond acceptors (Lipinski definition) is 5. The number of morpholine rings is 1. The number of aryl methyl sites for hydroxylation is 1. The average Bonchev–Trinajstić information content (AvgIpc) is 2.61. The minimum atomic E-state index is 0.0663. The summed E-state index contributed by atoms with van der Waals surface area (Å²) in [6, 6.07) is 10.4. The summed E-state index contributed by atoms with van der Waals surface area (Å²) in [4.78, 5) is 11.5. The largest absolute Gasteiger partial charge is 0.378 e. The Morgan fingerprint density at radius 2 is 1.96 bits per heavy atom. The van der Waals surface area contributed by atoms with Crippen LogP contribution in [-0.2, 0) is 9.47 Å². The van der Waals surface area contributed by atoms with E-state index >= 15 is 0 Å². The van der Waals surface area contributed by atoms with Gasteiger partial charge in [-0.05, 0) is 31.5 Å². The van der Waals surface area contributed by atoms with E-state index in [1.807, 2.05) is 26.0 Å². The standard InChI is InChI=1S/C18H23N3O2/c1-13-11-17(16-6-4-5-15(12-16)14(2)22-3)20-18(19-13)21-7-9-23-10-8-21/h4-6,11-12,14H,7-10H2,1-3H3/t14-/m0/s1. The van der Waals surface area contributed by atoms with Crippen molar-refractivity contribution < 1.29 is 9.47 Å². The molecule has 2 heterocycles. The van der Waals surface area contributed by atoms with Crippen molar-refractivity contribution in [2.24, 2.45) is 0 Å². The smallest absolute Gasteiger partial charge is 0.226 e. The molecule has 0 unspecified atom stereocenters. The van der Waals surface area contributed by atoms with Gasteiger partial charge in [0.15, 0.2) is 0 Å². The number of rotatable bonds is 4. The number of aromatic nitrogens is 2. The van der Waals surface area contributed by atoms with E-state index < -0.39 is 0 Å². The van der Waals surface area contributed by atoms with Crippen molar-refractivity contribution in [1.82, 2.24) is 9.97 Å². The summed E-state index contributed by atoms with van der Waals surface area (Å²) >= 11 is 0. The Morgan fingerprint density at radius 1 is 1.17 bits per heavy atom. The molecule has 1 atom stereocenters. The Bertz CT molecular complexity index is 669. The third kappa shape index (κ3) is 3.68. The molecule has 1 saturated heterocycles. The van der Waals surface area contributed by atoms with Crippen molar-refractivity contribution in [1.29, 1.82) is 0 Å². The second-order valence-corrected chi connectivity index (χ2v) is 5.80. The molecule has 1 aliphatic rings. The van der Waals surface area contributed by atoms with Gasteiger partial charge in [-0.1, -0.05) is 18.2 Å². The minimum absolute atomic E-state index is 0.0663. The number of nitrogens with zero attached hydrogens (tertiary/aromatic N) is 3. The van der Waals surface area contributed by atoms with Gasteiger partial charge < -0.3 is 14.4 Å². The van der Waals surface area contributed by atoms with Crippen LogP contribution in [-0.4, -0.2) is 43.4 Å². The van der Waals surface area contributed by atoms with E-state index in [9.17, 15) is 0 Å². The van der Waals surface area contributed by atoms with E-state index in [0.29, 0.717) is 0 Å². The number of ether oxygens (including phenoxy) is 2. The van der Waals surface area contributed by atoms with Gasteiger partial charge in [-0.15, -0.1) is 0 Å². The zero-order chi connectivity index (χ0) is 16.2. The number of anilines is 1. The first-order valence-electron chi connectivity index (χ1n) is 7.99. The molecule has 5 nitrogen and oxygen atoms in total. The Hall–Kier alpha value is -1.98. The average molecular weight is 313 g/mol. The number of benzene rings is 1. The van der Waals surface area contributed by atoms with E-state index in [4.69, 9.17) is 14.5 Å². The van der Waals surface area contributed by atoms with Gasteiger partial charge in [-0.25, -0.2) is 9.97 Å². The quantitative estimate of drug-likeness (QED) is 0.868. The highest BCUT2D eigenvalue weighted by Crippen LogP contribution is 2.25. The number of methoxy groups -OCH3 is 1. The SMILES string of the molecule is CO[C@@H](C)c1cccc(-c2cc(C)nc(N3CCOCC3)n2)c1. The van der Waals surface area contributed by atoms with Crippen LogP contribution in [0.4, 0.5) is 5.95 Å². The lowest BCUT2D eigenvalue weighted by Gasteiger charge is -2.27. The Kier molecular flexibility index (Phi) is 4.88. The summed E-state index contributed by atoms with van der Waals surface area (Å²) in [6.07, 6.45) is 0.0663. The second kappa shape index (κ2) is 7.06. The fraction of sp³-hybridized carbons (Fsp3) is 0.444. The molecule has 1 fully saturated rings. The first kappa shape index (κ1) is 15.9. The molecule has 2 aromatic rings. The molecule has 23 heavy (non-hydrogen) atoms. The molecule has 1 aliphatic heterocycles. The van der Waals surface area contributed by atoms with Crippen molar-refractivity contribution >= 4 is 5.95 Å². The summed E-state index contributed by atoms with van der Waals surface area (Å²) in [5, 5.41) is 0. The van der Waals surface area contributed by atoms with Gasteiger partial charge in [0.25, 0.3) is 0 Å². The van der Waals surface area contributed by atoms with E-state index in [-0.39, 0.29) is 6.10 Å². The summed E-state index contributed by atoms with van der Waals surface area (Å²) in [7, 11) is 1.72. The highest BCUT2D eigenvalue weighted by atomic mass is 16.5. The maximum absolute atomic E-state index is 5.41. The Labute approximate surface area is 137 Å². The summed E-state index contributed by atoms with van der Waals surface area (Å²) in [5.74, 6) is 0.786. The molecule has 0 N–H and O–H groups in total. The van der Waals surface area contributed by atoms with Crippen molar-refractivity contribution in [3.63, 3.8) is 0 Å². The van der Waals surface area contributed by atoms with Gasteiger partial charge in [0, 0.05) is 31.5 Å². The summed E-state index contributed by atoms with van der Waals surface area (Å²) < 4.78 is 10.8. The topological polar surface area (TPSA) is 47.5 Å². The molecule has 1 aromatic carbocycles. The van der Waals surface area contributed by atoms with Gasteiger partial charge in [0.1, 0.15) is 0 Å². The van der Waals surface area contributed by atoms with Crippen LogP contribution in [0.2, 0.25) is 0 Å². The normalized spacial score (nSPS) is 16.4. The first-order chi connectivity index (χ1) is 11.2. The maximum Gasteiger partial charge on any atom is 0.226 e. The lowest BCUT2D eigenvalue weighted by Crippen LogP contribution is -2.37. The molecule has 0 aliphatic carbocycles. The lowest BCUT2D eigenvalue weighted by molar-refractivity contribution is 0.119. The Balaban J connectivity index is 1.94. The van der Waals surface area contributed by atoms with Crippen molar-refractivity contribution in [3.05, 3.63) is 41.6 Å². The molecule has 0 bridgehead atoms. The van der Waals surface area contributed by atoms with E-state index in [0.717, 1.165) is 54.8 Å². The van der Waals surface area contributed by atoms with Crippen LogP contribution in [0, 0.1) is 6.92 Å². The monoisotopic (exact) mass is 313 g/mol. The highest BCUT2D eigenvalue weighted by molar-refractivity contribution is 5.62. The van der Waals surface area contributed by atoms with Crippen LogP contribution in [0.15, 0.2) is 30.3 Å². The molecule has 1 aromatic heterocycles. The fourth-order valence-electron chi connectivity index (χ4n) is 2.69. The van der Waals surface area contributed by atoms with Crippen LogP contribution >= 0.6 is 0 Å². The van der Waals surface area contributed by atoms with Crippen molar-refractivity contribution in [3.8, 4) is 11.3 Å². The molecule has 122 valence electrons. The molecular formula is C18H23N3O2. The molecule has 3 rings (SSSR count). The molecule has 0 spiro atoms. The zero-order valence-electron chi connectivity index (χ0n) is 14.0. The molecule has 0 amide bonds. The van der Waals surface area contributed by atoms with Gasteiger partial charge >= 0.3 is 0 Å². The summed E-state index contributed by atoms with van der Waals surface area (Å²) in [6.45, 7) is 7.19. The van der Waals surface area contributed by atoms with Crippen molar-refractivity contribution in [2.75, 3.05) is 38.3 Å². The fourth-order valence-corrected chi connectivity index (χ4v) is 2.69. The van der Waals surface area contributed by atoms with E-state index in [1.165, 1.54) is 0 Å². The molecular weight excluding hydrogens is 290 g/mol. The molecule has 0 radical (unpaired) electrons. The minimum Gasteiger partial charge on any atom is -0.378 e. The van der Waals surface area contributed by atoms with Gasteiger partial charge in [-0.3, -0.25) is 0 Å². The Morgan fingerprint density at radius 3 is 2.70 bits per heavy atom. The predicted molar refractivity (Wildman–Crippen MR) is 90.7 cm³/mol. The zero-order valence-corrected chi connectivity index (χ0v) is 14.0. The third-order valence-corrected chi connectivity index (χ3v) is 4.14. The second-order valence-electron chi connectivity index (χ2n) is 5.80. The third-order valence-electron chi connectivity index (χ3n) is 4.14. The van der Waals surface area contributed by atoms with Crippen LogP contribution < -0.4 is 4.90 Å². The van der Waals surface area contributed by atoms with Gasteiger partial charge in [-0.2, -0.15) is 0 Å². The van der Waals surface area contributed by atoms with Crippen LogP contribution in [0.1, 0.15) is 24.3 Å². The lowest BCUT2D eigenvalue weighted by atomic mass is 10.0. The highest BCUT2D eigenvalue weighted by Gasteiger charge is 2.16. The van der Waals surface area contributed by atoms with Crippen LogP contribution in [0.25, 0.3) is 11.3 Å². The van der Waals surface area contributed by atoms with E-state index in [1.54, 1.807) is 7.11 Å². The van der Waals surface area contributed by atoms with Crippen LogP contribution in [0.5, 0.6) is 0 Å². The van der Waals surface area contributed by atoms with Crippen LogP contribution in [0.3, 0.4) is 0 Å². The predicted octanol–water partition coefficient (Wildman–Crippen LogP) is 3.00. The molecule has 5 heteroatoms. The maximum atomic E-state index is 5.41. The van der Waals surface area contributed by atoms with Gasteiger partial charge in [0.05, 0.1) is 25.0 Å². The van der Waals surface area contributed by atoms with Crippen molar-refractivity contribution in [2.45, 2.75) is 20.0 Å². The first-order valence-corrected chi connectivity index (χ1v) is 7.99. The van der Waals surface area contributed by atoms with Gasteiger partial charge in [0.2, 0.25) is 5.95 Å². The summed E-state index contributed by atoms with van der Waals surface area (Å²) in [5.41, 5.74) is 4.16. The number of hydrogen-bond donors (Lipinski definition) is 0. The molecule has 0 saturated carbocycles. The van der Waals surface area contributed by atoms with E-state index in [2.05, 4.69) is 28.1 Å².